The Morgan fingerprint density at radius 1 is 1.10 bits per heavy atom. The lowest BCUT2D eigenvalue weighted by atomic mass is 9.95. The van der Waals surface area contributed by atoms with Crippen LogP contribution in [0.5, 0.6) is 0 Å². The zero-order valence-electron chi connectivity index (χ0n) is 17.1. The Bertz CT molecular complexity index is 1030. The van der Waals surface area contributed by atoms with E-state index in [9.17, 15) is 17.6 Å². The van der Waals surface area contributed by atoms with E-state index in [0.29, 0.717) is 19.5 Å². The van der Waals surface area contributed by atoms with Crippen LogP contribution in [0.3, 0.4) is 0 Å². The first kappa shape index (κ1) is 21.0. The lowest BCUT2D eigenvalue weighted by molar-refractivity contribution is -0.132. The Balaban J connectivity index is 1.46. The van der Waals surface area contributed by atoms with Gasteiger partial charge in [-0.1, -0.05) is 36.4 Å². The average Bonchev–Trinajstić information content (AvgIpc) is 3.51. The van der Waals surface area contributed by atoms with Crippen molar-refractivity contribution in [2.24, 2.45) is 5.92 Å². The summed E-state index contributed by atoms with van der Waals surface area (Å²) in [5.74, 6) is -0.139. The smallest absolute Gasteiger partial charge is 0.226 e. The number of rotatable bonds is 5. The zero-order valence-corrected chi connectivity index (χ0v) is 17.9. The number of benzene rings is 2. The maximum atomic E-state index is 13.9. The van der Waals surface area contributed by atoms with E-state index in [0.717, 1.165) is 36.0 Å². The Hall–Kier alpha value is -2.25. The molecule has 0 aromatic heterocycles. The van der Waals surface area contributed by atoms with Crippen LogP contribution in [-0.2, 0) is 14.8 Å². The molecule has 1 aliphatic carbocycles. The van der Waals surface area contributed by atoms with Gasteiger partial charge in [-0.15, -0.1) is 0 Å². The fourth-order valence-electron chi connectivity index (χ4n) is 4.50. The van der Waals surface area contributed by atoms with E-state index < -0.39 is 10.0 Å². The third kappa shape index (κ3) is 4.90. The van der Waals surface area contributed by atoms with E-state index in [2.05, 4.69) is 4.72 Å². The van der Waals surface area contributed by atoms with Gasteiger partial charge in [0.2, 0.25) is 15.9 Å². The normalized spacial score (nSPS) is 24.3. The molecule has 1 amide bonds. The highest BCUT2D eigenvalue weighted by Crippen LogP contribution is 2.51. The molecule has 0 bridgehead atoms. The van der Waals surface area contributed by atoms with Gasteiger partial charge in [0, 0.05) is 25.0 Å². The van der Waals surface area contributed by atoms with E-state index in [-0.39, 0.29) is 29.6 Å². The summed E-state index contributed by atoms with van der Waals surface area (Å²) in [5, 5.41) is 0. The third-order valence-electron chi connectivity index (χ3n) is 6.03. The van der Waals surface area contributed by atoms with Crippen LogP contribution in [0.2, 0.25) is 0 Å². The number of likely N-dealkylation sites (tertiary alicyclic amines) is 1. The first-order valence-electron chi connectivity index (χ1n) is 10.4. The van der Waals surface area contributed by atoms with Gasteiger partial charge in [-0.05, 0) is 60.4 Å². The lowest BCUT2D eigenvalue weighted by Crippen LogP contribution is -2.36. The summed E-state index contributed by atoms with van der Waals surface area (Å²) in [6.07, 6.45) is 4.08. The Morgan fingerprint density at radius 3 is 2.60 bits per heavy atom. The predicted octanol–water partition coefficient (Wildman–Crippen LogP) is 3.53. The predicted molar refractivity (Wildman–Crippen MR) is 115 cm³/mol. The van der Waals surface area contributed by atoms with Crippen molar-refractivity contribution in [1.29, 1.82) is 0 Å². The molecule has 0 unspecified atom stereocenters. The second kappa shape index (κ2) is 8.47. The van der Waals surface area contributed by atoms with Crippen LogP contribution in [0.15, 0.2) is 48.5 Å². The molecule has 2 aromatic carbocycles. The number of halogens is 1. The molecule has 1 saturated carbocycles. The molecule has 30 heavy (non-hydrogen) atoms. The van der Waals surface area contributed by atoms with Crippen LogP contribution in [0.25, 0.3) is 11.1 Å². The standard InChI is InChI=1S/C23H27FN2O3S/c1-30(28,29)25-18-8-5-12-26(13-11-18)23(27)22-15-21(22)19-10-9-17(24)14-20(19)16-6-3-2-4-7-16/h2-4,6-7,9-10,14,18,21-22,25H,5,8,11-13,15H2,1H3/t18-,21-,22+/m0/s1. The minimum Gasteiger partial charge on any atom is -0.342 e. The van der Waals surface area contributed by atoms with Crippen molar-refractivity contribution < 1.29 is 17.6 Å². The highest BCUT2D eigenvalue weighted by atomic mass is 32.2. The molecule has 2 aromatic rings. The van der Waals surface area contributed by atoms with Crippen LogP contribution in [0.1, 0.15) is 37.2 Å². The van der Waals surface area contributed by atoms with Gasteiger partial charge in [0.05, 0.1) is 6.26 Å². The molecule has 3 atom stereocenters. The lowest BCUT2D eigenvalue weighted by Gasteiger charge is -2.21. The molecule has 5 nitrogen and oxygen atoms in total. The van der Waals surface area contributed by atoms with Crippen LogP contribution in [-0.4, -0.2) is 44.6 Å². The minimum absolute atomic E-state index is 0.0858. The molecule has 1 saturated heterocycles. The molecule has 0 spiro atoms. The van der Waals surface area contributed by atoms with Gasteiger partial charge in [0.25, 0.3) is 0 Å². The van der Waals surface area contributed by atoms with E-state index >= 15 is 0 Å². The molecular weight excluding hydrogens is 403 g/mol. The number of hydrogen-bond acceptors (Lipinski definition) is 3. The summed E-state index contributed by atoms with van der Waals surface area (Å²) >= 11 is 0. The van der Waals surface area contributed by atoms with E-state index in [1.165, 1.54) is 12.3 Å². The van der Waals surface area contributed by atoms with Gasteiger partial charge >= 0.3 is 0 Å². The van der Waals surface area contributed by atoms with Crippen molar-refractivity contribution in [3.8, 4) is 11.1 Å². The van der Waals surface area contributed by atoms with Crippen LogP contribution < -0.4 is 4.72 Å². The quantitative estimate of drug-likeness (QED) is 0.789. The van der Waals surface area contributed by atoms with Gasteiger partial charge in [-0.2, -0.15) is 0 Å². The fourth-order valence-corrected chi connectivity index (χ4v) is 5.34. The van der Waals surface area contributed by atoms with Crippen LogP contribution in [0, 0.1) is 11.7 Å². The Morgan fingerprint density at radius 2 is 1.87 bits per heavy atom. The number of carbonyl (C=O) groups excluding carboxylic acids is 1. The third-order valence-corrected chi connectivity index (χ3v) is 6.79. The van der Waals surface area contributed by atoms with Gasteiger partial charge < -0.3 is 4.90 Å². The van der Waals surface area contributed by atoms with E-state index in [4.69, 9.17) is 0 Å². The highest BCUT2D eigenvalue weighted by molar-refractivity contribution is 7.88. The van der Waals surface area contributed by atoms with Gasteiger partial charge in [0.1, 0.15) is 5.82 Å². The summed E-state index contributed by atoms with van der Waals surface area (Å²) in [4.78, 5) is 15.0. The Labute approximate surface area is 177 Å². The molecule has 4 rings (SSSR count). The summed E-state index contributed by atoms with van der Waals surface area (Å²) < 4.78 is 39.6. The molecule has 1 N–H and O–H groups in total. The van der Waals surface area contributed by atoms with Crippen molar-refractivity contribution >= 4 is 15.9 Å². The summed E-state index contributed by atoms with van der Waals surface area (Å²) in [5.41, 5.74) is 2.83. The highest BCUT2D eigenvalue weighted by Gasteiger charge is 2.46. The number of nitrogens with one attached hydrogen (secondary N) is 1. The van der Waals surface area contributed by atoms with Crippen molar-refractivity contribution in [2.45, 2.75) is 37.6 Å². The first-order chi connectivity index (χ1) is 14.3. The van der Waals surface area contributed by atoms with Crippen LogP contribution >= 0.6 is 0 Å². The minimum atomic E-state index is -3.25. The zero-order chi connectivity index (χ0) is 21.3. The average molecular weight is 431 g/mol. The van der Waals surface area contributed by atoms with E-state index in [1.54, 1.807) is 6.07 Å². The van der Waals surface area contributed by atoms with Gasteiger partial charge in [0.15, 0.2) is 0 Å². The largest absolute Gasteiger partial charge is 0.342 e. The first-order valence-corrected chi connectivity index (χ1v) is 12.3. The molecule has 160 valence electrons. The summed E-state index contributed by atoms with van der Waals surface area (Å²) in [7, 11) is -3.25. The van der Waals surface area contributed by atoms with Crippen molar-refractivity contribution in [1.82, 2.24) is 9.62 Å². The fraction of sp³-hybridized carbons (Fsp3) is 0.435. The maximum Gasteiger partial charge on any atom is 0.226 e. The monoisotopic (exact) mass is 430 g/mol. The SMILES string of the molecule is CS(=O)(=O)N[C@H]1CCCN(C(=O)[C@@H]2C[C@H]2c2ccc(F)cc2-c2ccccc2)CC1. The van der Waals surface area contributed by atoms with E-state index in [1.807, 2.05) is 41.3 Å². The molecule has 7 heteroatoms. The van der Waals surface area contributed by atoms with Gasteiger partial charge in [-0.3, -0.25) is 4.79 Å². The molecule has 2 fully saturated rings. The summed E-state index contributed by atoms with van der Waals surface area (Å²) in [6, 6.07) is 14.4. The van der Waals surface area contributed by atoms with Gasteiger partial charge in [-0.25, -0.2) is 17.5 Å². The second-order valence-corrected chi connectivity index (χ2v) is 10.2. The molecule has 2 aliphatic rings. The number of amides is 1. The molecular formula is C23H27FN2O3S. The summed E-state index contributed by atoms with van der Waals surface area (Å²) in [6.45, 7) is 1.21. The molecule has 1 aliphatic heterocycles. The molecule has 0 radical (unpaired) electrons. The number of carbonyl (C=O) groups is 1. The topological polar surface area (TPSA) is 66.5 Å². The second-order valence-electron chi connectivity index (χ2n) is 8.39. The van der Waals surface area contributed by atoms with Crippen molar-refractivity contribution in [3.63, 3.8) is 0 Å². The number of hydrogen-bond donors (Lipinski definition) is 1. The number of nitrogens with zero attached hydrogens (tertiary/aromatic N) is 1. The van der Waals surface area contributed by atoms with Crippen molar-refractivity contribution in [3.05, 3.63) is 59.9 Å². The Kier molecular flexibility index (Phi) is 5.93. The molecule has 1 heterocycles. The number of sulfonamides is 1. The van der Waals surface area contributed by atoms with Crippen molar-refractivity contribution in [2.75, 3.05) is 19.3 Å². The maximum absolute atomic E-state index is 13.9. The van der Waals surface area contributed by atoms with Crippen LogP contribution in [0.4, 0.5) is 4.39 Å².